The molecule has 5 nitrogen and oxygen atoms in total. The molecular formula is C24H25ClN2O3. The first-order chi connectivity index (χ1) is 14.7. The van der Waals surface area contributed by atoms with Gasteiger partial charge in [-0.3, -0.25) is 4.79 Å². The summed E-state index contributed by atoms with van der Waals surface area (Å²) in [6.07, 6.45) is 4.26. The molecule has 1 aromatic heterocycles. The second kappa shape index (κ2) is 9.92. The number of rotatable bonds is 8. The lowest BCUT2D eigenvalue weighted by Crippen LogP contribution is -2.42. The molecule has 1 aliphatic rings. The van der Waals surface area contributed by atoms with E-state index < -0.39 is 0 Å². The van der Waals surface area contributed by atoms with Gasteiger partial charge in [0.15, 0.2) is 11.7 Å². The quantitative estimate of drug-likeness (QED) is 0.521. The maximum absolute atomic E-state index is 13.0. The third-order valence-electron chi connectivity index (χ3n) is 5.39. The summed E-state index contributed by atoms with van der Waals surface area (Å²) in [5.74, 6) is 1.37. The average Bonchev–Trinajstić information content (AvgIpc) is 3.46. The normalized spacial score (nSPS) is 16.0. The Morgan fingerprint density at radius 1 is 1.10 bits per heavy atom. The Bertz CT molecular complexity index is 950. The van der Waals surface area contributed by atoms with E-state index in [-0.39, 0.29) is 11.9 Å². The summed E-state index contributed by atoms with van der Waals surface area (Å²) in [5.41, 5.74) is 2.14. The first-order valence-corrected chi connectivity index (χ1v) is 10.7. The van der Waals surface area contributed by atoms with Crippen LogP contribution in [0.4, 0.5) is 0 Å². The summed E-state index contributed by atoms with van der Waals surface area (Å²) in [5, 5.41) is 0.676. The minimum atomic E-state index is 0.118. The van der Waals surface area contributed by atoms with Crippen LogP contribution in [-0.2, 0) is 22.4 Å². The molecule has 1 amide bonds. The van der Waals surface area contributed by atoms with Crippen LogP contribution >= 0.6 is 11.6 Å². The maximum atomic E-state index is 13.0. The molecule has 0 bridgehead atoms. The predicted octanol–water partition coefficient (Wildman–Crippen LogP) is 4.79. The van der Waals surface area contributed by atoms with Gasteiger partial charge in [-0.1, -0.05) is 41.9 Å². The van der Waals surface area contributed by atoms with E-state index in [1.165, 1.54) is 5.56 Å². The van der Waals surface area contributed by atoms with Crippen molar-refractivity contribution >= 4 is 17.5 Å². The highest BCUT2D eigenvalue weighted by Crippen LogP contribution is 2.23. The van der Waals surface area contributed by atoms with E-state index in [4.69, 9.17) is 20.8 Å². The SMILES string of the molecule is O=C(CCc1ncc(-c2ccc(Cl)cc2)o1)N(CCc1ccccc1)C1CCOC1. The Balaban J connectivity index is 1.37. The molecule has 1 atom stereocenters. The first-order valence-electron chi connectivity index (χ1n) is 10.3. The van der Waals surface area contributed by atoms with Crippen LogP contribution in [-0.4, -0.2) is 41.6 Å². The number of hydrogen-bond acceptors (Lipinski definition) is 4. The zero-order valence-corrected chi connectivity index (χ0v) is 17.6. The smallest absolute Gasteiger partial charge is 0.223 e. The Kier molecular flexibility index (Phi) is 6.82. The zero-order valence-electron chi connectivity index (χ0n) is 16.8. The van der Waals surface area contributed by atoms with Crippen LogP contribution < -0.4 is 0 Å². The molecule has 156 valence electrons. The van der Waals surface area contributed by atoms with Crippen molar-refractivity contribution in [3.8, 4) is 11.3 Å². The molecule has 4 rings (SSSR count). The van der Waals surface area contributed by atoms with Crippen LogP contribution in [0.5, 0.6) is 0 Å². The monoisotopic (exact) mass is 424 g/mol. The van der Waals surface area contributed by atoms with Crippen molar-refractivity contribution in [1.29, 1.82) is 0 Å². The number of amides is 1. The third-order valence-corrected chi connectivity index (χ3v) is 5.64. The van der Waals surface area contributed by atoms with E-state index in [1.54, 1.807) is 6.20 Å². The van der Waals surface area contributed by atoms with E-state index in [0.29, 0.717) is 49.3 Å². The Morgan fingerprint density at radius 2 is 1.90 bits per heavy atom. The van der Waals surface area contributed by atoms with Crippen molar-refractivity contribution in [2.24, 2.45) is 0 Å². The van der Waals surface area contributed by atoms with E-state index in [1.807, 2.05) is 47.4 Å². The summed E-state index contributed by atoms with van der Waals surface area (Å²) < 4.78 is 11.4. The van der Waals surface area contributed by atoms with Crippen LogP contribution in [0.1, 0.15) is 24.3 Å². The second-order valence-electron chi connectivity index (χ2n) is 7.47. The number of nitrogens with zero attached hydrogens (tertiary/aromatic N) is 2. The van der Waals surface area contributed by atoms with E-state index >= 15 is 0 Å². The summed E-state index contributed by atoms with van der Waals surface area (Å²) in [4.78, 5) is 19.3. The highest BCUT2D eigenvalue weighted by molar-refractivity contribution is 6.30. The van der Waals surface area contributed by atoms with Crippen molar-refractivity contribution in [1.82, 2.24) is 9.88 Å². The largest absolute Gasteiger partial charge is 0.441 e. The Labute approximate surface area is 181 Å². The van der Waals surface area contributed by atoms with Crippen molar-refractivity contribution in [3.05, 3.63) is 77.3 Å². The minimum Gasteiger partial charge on any atom is -0.441 e. The number of hydrogen-bond donors (Lipinski definition) is 0. The van der Waals surface area contributed by atoms with Gasteiger partial charge in [-0.2, -0.15) is 0 Å². The summed E-state index contributed by atoms with van der Waals surface area (Å²) >= 11 is 5.94. The molecule has 2 heterocycles. The molecule has 1 aliphatic heterocycles. The van der Waals surface area contributed by atoms with Gasteiger partial charge in [0.05, 0.1) is 18.8 Å². The molecule has 0 aliphatic carbocycles. The summed E-state index contributed by atoms with van der Waals surface area (Å²) in [6.45, 7) is 2.02. The lowest BCUT2D eigenvalue weighted by Gasteiger charge is -2.28. The molecule has 1 fully saturated rings. The Morgan fingerprint density at radius 3 is 2.63 bits per heavy atom. The molecule has 0 radical (unpaired) electrons. The third kappa shape index (κ3) is 5.29. The van der Waals surface area contributed by atoms with E-state index in [0.717, 1.165) is 18.4 Å². The van der Waals surface area contributed by atoms with Crippen LogP contribution in [0.25, 0.3) is 11.3 Å². The van der Waals surface area contributed by atoms with E-state index in [9.17, 15) is 4.79 Å². The van der Waals surface area contributed by atoms with Gasteiger partial charge < -0.3 is 14.1 Å². The molecule has 6 heteroatoms. The molecule has 2 aromatic carbocycles. The maximum Gasteiger partial charge on any atom is 0.223 e. The van der Waals surface area contributed by atoms with Gasteiger partial charge in [0, 0.05) is 36.6 Å². The van der Waals surface area contributed by atoms with Crippen LogP contribution in [0.3, 0.4) is 0 Å². The molecule has 30 heavy (non-hydrogen) atoms. The van der Waals surface area contributed by atoms with Gasteiger partial charge >= 0.3 is 0 Å². The molecule has 3 aromatic rings. The zero-order chi connectivity index (χ0) is 20.8. The van der Waals surface area contributed by atoms with Crippen molar-refractivity contribution < 1.29 is 13.9 Å². The average molecular weight is 425 g/mol. The van der Waals surface area contributed by atoms with Gasteiger partial charge in [-0.05, 0) is 42.7 Å². The topological polar surface area (TPSA) is 55.6 Å². The fourth-order valence-electron chi connectivity index (χ4n) is 3.70. The lowest BCUT2D eigenvalue weighted by atomic mass is 10.1. The summed E-state index contributed by atoms with van der Waals surface area (Å²) in [7, 11) is 0. The standard InChI is InChI=1S/C24H25ClN2O3/c25-20-8-6-19(7-9-20)22-16-26-23(30-22)10-11-24(28)27(21-13-15-29-17-21)14-12-18-4-2-1-3-5-18/h1-9,16,21H,10-15,17H2. The van der Waals surface area contributed by atoms with Crippen molar-refractivity contribution in [2.45, 2.75) is 31.7 Å². The molecule has 0 saturated carbocycles. The number of halogens is 1. The Hall–Kier alpha value is -2.63. The number of oxazole rings is 1. The van der Waals surface area contributed by atoms with Crippen LogP contribution in [0.2, 0.25) is 5.02 Å². The number of aromatic nitrogens is 1. The predicted molar refractivity (Wildman–Crippen MR) is 116 cm³/mol. The van der Waals surface area contributed by atoms with Gasteiger partial charge in [0.25, 0.3) is 0 Å². The van der Waals surface area contributed by atoms with E-state index in [2.05, 4.69) is 17.1 Å². The number of benzene rings is 2. The number of ether oxygens (including phenoxy) is 1. The minimum absolute atomic E-state index is 0.118. The molecule has 1 unspecified atom stereocenters. The highest BCUT2D eigenvalue weighted by Gasteiger charge is 2.27. The molecule has 1 saturated heterocycles. The summed E-state index contributed by atoms with van der Waals surface area (Å²) in [6, 6.07) is 17.8. The van der Waals surface area contributed by atoms with Crippen LogP contribution in [0.15, 0.2) is 65.2 Å². The van der Waals surface area contributed by atoms with Crippen LogP contribution in [0, 0.1) is 0 Å². The number of carbonyl (C=O) groups excluding carboxylic acids is 1. The lowest BCUT2D eigenvalue weighted by molar-refractivity contribution is -0.133. The number of carbonyl (C=O) groups is 1. The number of aryl methyl sites for hydroxylation is 1. The second-order valence-corrected chi connectivity index (χ2v) is 7.90. The highest BCUT2D eigenvalue weighted by atomic mass is 35.5. The van der Waals surface area contributed by atoms with Gasteiger partial charge in [0.2, 0.25) is 5.91 Å². The fraction of sp³-hybridized carbons (Fsp3) is 0.333. The van der Waals surface area contributed by atoms with Gasteiger partial charge in [-0.25, -0.2) is 4.98 Å². The van der Waals surface area contributed by atoms with Crippen molar-refractivity contribution in [3.63, 3.8) is 0 Å². The molecule has 0 spiro atoms. The molecular weight excluding hydrogens is 400 g/mol. The fourth-order valence-corrected chi connectivity index (χ4v) is 3.83. The van der Waals surface area contributed by atoms with Crippen molar-refractivity contribution in [2.75, 3.05) is 19.8 Å². The van der Waals surface area contributed by atoms with Gasteiger partial charge in [0.1, 0.15) is 0 Å². The van der Waals surface area contributed by atoms with Gasteiger partial charge in [-0.15, -0.1) is 0 Å². The first kappa shape index (κ1) is 20.6. The molecule has 0 N–H and O–H groups in total.